The van der Waals surface area contributed by atoms with Gasteiger partial charge in [0.2, 0.25) is 5.89 Å². The molecule has 0 saturated heterocycles. The van der Waals surface area contributed by atoms with Crippen molar-refractivity contribution in [3.8, 4) is 17.5 Å². The molecule has 1 aromatic heterocycles. The van der Waals surface area contributed by atoms with Crippen LogP contribution in [0.4, 0.5) is 0 Å². The fourth-order valence-electron chi connectivity index (χ4n) is 1.87. The Balaban J connectivity index is 1.91. The zero-order valence-electron chi connectivity index (χ0n) is 13.5. The van der Waals surface area contributed by atoms with Gasteiger partial charge in [-0.25, -0.2) is 4.79 Å². The summed E-state index contributed by atoms with van der Waals surface area (Å²) in [5, 5.41) is 12.4. The van der Waals surface area contributed by atoms with Crippen LogP contribution in [-0.2, 0) is 20.9 Å². The van der Waals surface area contributed by atoms with Crippen molar-refractivity contribution in [2.45, 2.75) is 13.0 Å². The molecule has 9 nitrogen and oxygen atoms in total. The minimum atomic E-state index is -0.798. The van der Waals surface area contributed by atoms with Crippen LogP contribution in [0.25, 0.3) is 11.5 Å². The molecule has 0 aliphatic rings. The second-order valence-electron chi connectivity index (χ2n) is 5.08. The highest BCUT2D eigenvalue weighted by atomic mass is 16.5. The standard InChI is InChI=1S/C16H16N4O5/c1-19(9-5-8-17)13(21)11-24-14(22)10-20-16(23)25-15(18-20)12-6-3-2-4-7-12/h2-4,6-7H,5,9-11H2,1H3. The maximum atomic E-state index is 11.8. The highest BCUT2D eigenvalue weighted by Gasteiger charge is 2.16. The van der Waals surface area contributed by atoms with E-state index in [1.165, 1.54) is 11.9 Å². The smallest absolute Gasteiger partial charge is 0.437 e. The maximum absolute atomic E-state index is 11.8. The van der Waals surface area contributed by atoms with Crippen molar-refractivity contribution < 1.29 is 18.7 Å². The van der Waals surface area contributed by atoms with Gasteiger partial charge >= 0.3 is 11.7 Å². The number of benzene rings is 1. The number of likely N-dealkylation sites (N-methyl/N-ethyl adjacent to an activating group) is 1. The Morgan fingerprint density at radius 2 is 2.08 bits per heavy atom. The van der Waals surface area contributed by atoms with Crippen molar-refractivity contribution in [1.29, 1.82) is 5.26 Å². The Hall–Kier alpha value is -3.41. The molecule has 0 fully saturated rings. The van der Waals surface area contributed by atoms with Crippen molar-refractivity contribution in [3.63, 3.8) is 0 Å². The van der Waals surface area contributed by atoms with E-state index in [2.05, 4.69) is 5.10 Å². The normalized spacial score (nSPS) is 10.1. The maximum Gasteiger partial charge on any atom is 0.437 e. The van der Waals surface area contributed by atoms with Gasteiger partial charge in [-0.3, -0.25) is 9.59 Å². The van der Waals surface area contributed by atoms with E-state index in [1.54, 1.807) is 30.3 Å². The summed E-state index contributed by atoms with van der Waals surface area (Å²) < 4.78 is 10.6. The number of hydrogen-bond acceptors (Lipinski definition) is 7. The summed E-state index contributed by atoms with van der Waals surface area (Å²) in [6.45, 7) is -0.695. The van der Waals surface area contributed by atoms with Gasteiger partial charge in [-0.1, -0.05) is 18.2 Å². The van der Waals surface area contributed by atoms with Crippen LogP contribution in [-0.4, -0.2) is 46.8 Å². The summed E-state index contributed by atoms with van der Waals surface area (Å²) in [7, 11) is 1.50. The average molecular weight is 344 g/mol. The van der Waals surface area contributed by atoms with Crippen LogP contribution in [0.5, 0.6) is 0 Å². The van der Waals surface area contributed by atoms with Crippen molar-refractivity contribution in [1.82, 2.24) is 14.7 Å². The lowest BCUT2D eigenvalue weighted by Gasteiger charge is -2.14. The fourth-order valence-corrected chi connectivity index (χ4v) is 1.87. The molecule has 1 heterocycles. The van der Waals surface area contributed by atoms with E-state index in [-0.39, 0.29) is 18.9 Å². The van der Waals surface area contributed by atoms with E-state index in [1.807, 2.05) is 6.07 Å². The Kier molecular flexibility index (Phi) is 6.06. The molecule has 0 spiro atoms. The van der Waals surface area contributed by atoms with Crippen molar-refractivity contribution in [2.75, 3.05) is 20.2 Å². The lowest BCUT2D eigenvalue weighted by atomic mass is 10.2. The number of nitriles is 1. The Bertz CT molecular complexity index is 834. The third-order valence-corrected chi connectivity index (χ3v) is 3.25. The quantitative estimate of drug-likeness (QED) is 0.668. The third kappa shape index (κ3) is 5.04. The number of ether oxygens (including phenoxy) is 1. The SMILES string of the molecule is CN(CCC#N)C(=O)COC(=O)Cn1nc(-c2ccccc2)oc1=O. The molecule has 0 aliphatic carbocycles. The van der Waals surface area contributed by atoms with Crippen LogP contribution >= 0.6 is 0 Å². The first-order valence-electron chi connectivity index (χ1n) is 7.41. The zero-order valence-corrected chi connectivity index (χ0v) is 13.5. The first-order valence-corrected chi connectivity index (χ1v) is 7.41. The number of amides is 1. The van der Waals surface area contributed by atoms with Crippen LogP contribution in [0, 0.1) is 11.3 Å². The second-order valence-corrected chi connectivity index (χ2v) is 5.08. The highest BCUT2D eigenvalue weighted by molar-refractivity contribution is 5.80. The number of esters is 1. The topological polar surface area (TPSA) is 118 Å². The van der Waals surface area contributed by atoms with E-state index >= 15 is 0 Å². The summed E-state index contributed by atoms with van der Waals surface area (Å²) in [6.07, 6.45) is 0.187. The summed E-state index contributed by atoms with van der Waals surface area (Å²) in [5.41, 5.74) is 0.598. The first kappa shape index (κ1) is 17.9. The van der Waals surface area contributed by atoms with Crippen LogP contribution in [0.3, 0.4) is 0 Å². The molecular weight excluding hydrogens is 328 g/mol. The van der Waals surface area contributed by atoms with Gasteiger partial charge in [-0.15, -0.1) is 5.10 Å². The first-order chi connectivity index (χ1) is 12.0. The summed E-state index contributed by atoms with van der Waals surface area (Å²) in [6, 6.07) is 10.7. The number of hydrogen-bond donors (Lipinski definition) is 0. The number of rotatable bonds is 7. The molecule has 130 valence electrons. The van der Waals surface area contributed by atoms with Crippen LogP contribution in [0.2, 0.25) is 0 Å². The third-order valence-electron chi connectivity index (χ3n) is 3.25. The molecule has 0 aliphatic heterocycles. The number of carbonyl (C=O) groups is 2. The van der Waals surface area contributed by atoms with Gasteiger partial charge in [0.15, 0.2) is 6.61 Å². The number of carbonyl (C=O) groups excluding carboxylic acids is 2. The summed E-state index contributed by atoms with van der Waals surface area (Å²) in [5.74, 6) is -1.95. The monoisotopic (exact) mass is 344 g/mol. The van der Waals surface area contributed by atoms with E-state index in [9.17, 15) is 14.4 Å². The van der Waals surface area contributed by atoms with Gasteiger partial charge in [0.25, 0.3) is 5.91 Å². The van der Waals surface area contributed by atoms with Crippen LogP contribution in [0.15, 0.2) is 39.5 Å². The average Bonchev–Trinajstić information content (AvgIpc) is 2.98. The molecule has 1 aromatic carbocycles. The lowest BCUT2D eigenvalue weighted by molar-refractivity contribution is -0.152. The van der Waals surface area contributed by atoms with Gasteiger partial charge in [-0.05, 0) is 12.1 Å². The predicted molar refractivity (Wildman–Crippen MR) is 85.0 cm³/mol. The van der Waals surface area contributed by atoms with Crippen molar-refractivity contribution in [3.05, 3.63) is 40.9 Å². The van der Waals surface area contributed by atoms with Gasteiger partial charge in [0.05, 0.1) is 12.5 Å². The highest BCUT2D eigenvalue weighted by Crippen LogP contribution is 2.13. The van der Waals surface area contributed by atoms with Crippen LogP contribution in [0.1, 0.15) is 6.42 Å². The van der Waals surface area contributed by atoms with Crippen LogP contribution < -0.4 is 5.76 Å². The Labute approximate surface area is 143 Å². The second kappa shape index (κ2) is 8.44. The van der Waals surface area contributed by atoms with E-state index in [0.29, 0.717) is 5.56 Å². The Morgan fingerprint density at radius 1 is 1.36 bits per heavy atom. The molecule has 9 heteroatoms. The molecule has 0 atom stereocenters. The fraction of sp³-hybridized carbons (Fsp3) is 0.312. The molecule has 0 bridgehead atoms. The molecule has 1 amide bonds. The lowest BCUT2D eigenvalue weighted by Crippen LogP contribution is -2.33. The molecule has 0 N–H and O–H groups in total. The van der Waals surface area contributed by atoms with Gasteiger partial charge in [0, 0.05) is 19.2 Å². The van der Waals surface area contributed by atoms with Gasteiger partial charge < -0.3 is 14.1 Å². The largest absolute Gasteiger partial charge is 0.454 e. The van der Waals surface area contributed by atoms with Gasteiger partial charge in [0.1, 0.15) is 6.54 Å². The molecule has 0 unspecified atom stereocenters. The molecular formula is C16H16N4O5. The molecule has 2 rings (SSSR count). The predicted octanol–water partition coefficient (Wildman–Crippen LogP) is 0.419. The molecule has 25 heavy (non-hydrogen) atoms. The molecule has 0 radical (unpaired) electrons. The van der Waals surface area contributed by atoms with Crippen molar-refractivity contribution >= 4 is 11.9 Å². The number of aromatic nitrogens is 2. The van der Waals surface area contributed by atoms with E-state index < -0.39 is 30.8 Å². The zero-order chi connectivity index (χ0) is 18.2. The molecule has 2 aromatic rings. The van der Waals surface area contributed by atoms with Crippen molar-refractivity contribution in [2.24, 2.45) is 0 Å². The van der Waals surface area contributed by atoms with Gasteiger partial charge in [-0.2, -0.15) is 9.94 Å². The Morgan fingerprint density at radius 3 is 2.76 bits per heavy atom. The van der Waals surface area contributed by atoms with E-state index in [0.717, 1.165) is 4.68 Å². The molecule has 0 saturated carbocycles. The summed E-state index contributed by atoms with van der Waals surface area (Å²) in [4.78, 5) is 36.5. The van der Waals surface area contributed by atoms with E-state index in [4.69, 9.17) is 14.4 Å². The minimum absolute atomic E-state index is 0.0886. The number of nitrogens with zero attached hydrogens (tertiary/aromatic N) is 4. The summed E-state index contributed by atoms with van der Waals surface area (Å²) >= 11 is 0. The minimum Gasteiger partial charge on any atom is -0.454 e.